The number of nitrogens with zero attached hydrogens (tertiary/aromatic N) is 3. The topological polar surface area (TPSA) is 75.4 Å². The van der Waals surface area contributed by atoms with Crippen LogP contribution in [0.4, 0.5) is 4.39 Å². The molecule has 0 amide bonds. The predicted octanol–water partition coefficient (Wildman–Crippen LogP) is 1.54. The van der Waals surface area contributed by atoms with E-state index in [9.17, 15) is 17.9 Å². The summed E-state index contributed by atoms with van der Waals surface area (Å²) in [5, 5.41) is 14.1. The fourth-order valence-electron chi connectivity index (χ4n) is 2.93. The lowest BCUT2D eigenvalue weighted by Gasteiger charge is -2.24. The van der Waals surface area contributed by atoms with E-state index in [4.69, 9.17) is 0 Å². The maximum Gasteiger partial charge on any atom is 0.260 e. The van der Waals surface area contributed by atoms with Crippen molar-refractivity contribution in [1.82, 2.24) is 14.1 Å². The highest BCUT2D eigenvalue weighted by Crippen LogP contribution is 2.36. The number of rotatable bonds is 4. The van der Waals surface area contributed by atoms with Gasteiger partial charge in [0.05, 0.1) is 18.3 Å². The molecule has 1 aromatic heterocycles. The smallest absolute Gasteiger partial charge is 0.260 e. The molecule has 0 unspecified atom stereocenters. The molecule has 1 aliphatic heterocycles. The van der Waals surface area contributed by atoms with Crippen molar-refractivity contribution in [3.05, 3.63) is 47.9 Å². The van der Waals surface area contributed by atoms with Crippen LogP contribution in [-0.2, 0) is 16.6 Å². The number of aliphatic hydroxyl groups excluding tert-OH is 1. The third kappa shape index (κ3) is 2.89. The minimum Gasteiger partial charge on any atom is -0.392 e. The van der Waals surface area contributed by atoms with Gasteiger partial charge in [-0.2, -0.15) is 9.40 Å². The van der Waals surface area contributed by atoms with Crippen LogP contribution in [0, 0.1) is 5.82 Å². The molecule has 8 heteroatoms. The van der Waals surface area contributed by atoms with Crippen LogP contribution < -0.4 is 0 Å². The Bertz CT molecular complexity index is 789. The summed E-state index contributed by atoms with van der Waals surface area (Å²) in [4.78, 5) is 0. The van der Waals surface area contributed by atoms with E-state index in [1.165, 1.54) is 33.4 Å². The van der Waals surface area contributed by atoms with E-state index in [0.29, 0.717) is 12.1 Å². The Hall–Kier alpha value is -1.77. The van der Waals surface area contributed by atoms with Gasteiger partial charge in [0.1, 0.15) is 5.82 Å². The monoisotopic (exact) mass is 339 g/mol. The van der Waals surface area contributed by atoms with Gasteiger partial charge in [0.2, 0.25) is 0 Å². The minimum absolute atomic E-state index is 0.0132. The number of β-amino-alcohol motifs (C(OH)–C–C–N with tert-alkyl or cyclic N) is 1. The Morgan fingerprint density at radius 3 is 2.65 bits per heavy atom. The lowest BCUT2D eigenvalue weighted by atomic mass is 10.0. The maximum atomic E-state index is 13.1. The van der Waals surface area contributed by atoms with Crippen LogP contribution in [0.2, 0.25) is 0 Å². The molecule has 0 saturated carbocycles. The molecule has 1 aromatic carbocycles. The number of hydrogen-bond acceptors (Lipinski definition) is 4. The van der Waals surface area contributed by atoms with Gasteiger partial charge in [0.15, 0.2) is 5.03 Å². The molecular weight excluding hydrogens is 321 g/mol. The average Bonchev–Trinajstić information content (AvgIpc) is 3.14. The molecule has 124 valence electrons. The van der Waals surface area contributed by atoms with Crippen LogP contribution >= 0.6 is 0 Å². The van der Waals surface area contributed by atoms with E-state index in [2.05, 4.69) is 5.10 Å². The van der Waals surface area contributed by atoms with Gasteiger partial charge < -0.3 is 5.11 Å². The molecule has 1 saturated heterocycles. The Balaban J connectivity index is 2.00. The van der Waals surface area contributed by atoms with E-state index in [0.717, 1.165) is 0 Å². The standard InChI is InChI=1S/C15H18FN3O3S/c1-2-18-15(7-8-17-18)23(21,22)19-10-13(20)9-14(19)11-3-5-12(16)6-4-11/h3-8,13-14,20H,2,9-10H2,1H3/t13-,14-/m1/s1. The van der Waals surface area contributed by atoms with Gasteiger partial charge >= 0.3 is 0 Å². The molecule has 1 fully saturated rings. The van der Waals surface area contributed by atoms with Crippen LogP contribution in [0.3, 0.4) is 0 Å². The van der Waals surface area contributed by atoms with E-state index >= 15 is 0 Å². The zero-order chi connectivity index (χ0) is 16.6. The first-order valence-electron chi connectivity index (χ1n) is 7.40. The zero-order valence-corrected chi connectivity index (χ0v) is 13.4. The molecule has 0 spiro atoms. The second-order valence-corrected chi connectivity index (χ2v) is 7.35. The van der Waals surface area contributed by atoms with E-state index < -0.39 is 22.2 Å². The fraction of sp³-hybridized carbons (Fsp3) is 0.400. The highest BCUT2D eigenvalue weighted by atomic mass is 32.2. The quantitative estimate of drug-likeness (QED) is 0.917. The average molecular weight is 339 g/mol. The van der Waals surface area contributed by atoms with Crippen molar-refractivity contribution >= 4 is 10.0 Å². The molecule has 1 aliphatic rings. The SMILES string of the molecule is CCn1nccc1S(=O)(=O)N1C[C@H](O)C[C@@H]1c1ccc(F)cc1. The van der Waals surface area contributed by atoms with Crippen LogP contribution in [0.5, 0.6) is 0 Å². The number of aliphatic hydroxyl groups is 1. The molecule has 2 aromatic rings. The van der Waals surface area contributed by atoms with Crippen LogP contribution in [0.1, 0.15) is 24.9 Å². The van der Waals surface area contributed by atoms with Gasteiger partial charge in [-0.1, -0.05) is 12.1 Å². The zero-order valence-electron chi connectivity index (χ0n) is 12.6. The van der Waals surface area contributed by atoms with Crippen molar-refractivity contribution in [3.63, 3.8) is 0 Å². The number of sulfonamides is 1. The summed E-state index contributed by atoms with van der Waals surface area (Å²) in [5.41, 5.74) is 0.661. The molecule has 1 N–H and O–H groups in total. The number of aryl methyl sites for hydroxylation is 1. The second kappa shape index (κ2) is 6.03. The largest absolute Gasteiger partial charge is 0.392 e. The second-order valence-electron chi connectivity index (χ2n) is 5.52. The summed E-state index contributed by atoms with van der Waals surface area (Å²) in [7, 11) is -3.80. The third-order valence-electron chi connectivity index (χ3n) is 4.04. The first-order valence-corrected chi connectivity index (χ1v) is 8.84. The van der Waals surface area contributed by atoms with Gasteiger partial charge in [-0.05, 0) is 37.1 Å². The maximum absolute atomic E-state index is 13.1. The summed E-state index contributed by atoms with van der Waals surface area (Å²) >= 11 is 0. The molecule has 0 aliphatic carbocycles. The fourth-order valence-corrected chi connectivity index (χ4v) is 4.76. The Labute approximate surface area is 134 Å². The molecule has 2 heterocycles. The first kappa shape index (κ1) is 16.1. The summed E-state index contributed by atoms with van der Waals surface area (Å²) < 4.78 is 41.7. The van der Waals surface area contributed by atoms with Gasteiger partial charge in [0, 0.05) is 13.1 Å². The normalized spacial score (nSPS) is 22.6. The van der Waals surface area contributed by atoms with Crippen molar-refractivity contribution in [2.45, 2.75) is 37.1 Å². The number of benzene rings is 1. The van der Waals surface area contributed by atoms with Crippen LogP contribution in [0.15, 0.2) is 41.6 Å². The summed E-state index contributed by atoms with van der Waals surface area (Å²) in [6.45, 7) is 2.25. The van der Waals surface area contributed by atoms with Crippen LogP contribution in [0.25, 0.3) is 0 Å². The van der Waals surface area contributed by atoms with Gasteiger partial charge in [-0.3, -0.25) is 4.68 Å². The van der Waals surface area contributed by atoms with E-state index in [1.54, 1.807) is 12.1 Å². The lowest BCUT2D eigenvalue weighted by molar-refractivity contribution is 0.188. The Morgan fingerprint density at radius 1 is 1.30 bits per heavy atom. The van der Waals surface area contributed by atoms with Gasteiger partial charge in [0.25, 0.3) is 10.0 Å². The molecule has 6 nitrogen and oxygen atoms in total. The first-order chi connectivity index (χ1) is 10.9. The Kier molecular flexibility index (Phi) is 4.22. The molecule has 2 atom stereocenters. The molecular formula is C15H18FN3O3S. The van der Waals surface area contributed by atoms with Crippen molar-refractivity contribution < 1.29 is 17.9 Å². The van der Waals surface area contributed by atoms with E-state index in [-0.39, 0.29) is 23.8 Å². The molecule has 23 heavy (non-hydrogen) atoms. The lowest BCUT2D eigenvalue weighted by Crippen LogP contribution is -2.33. The number of aromatic nitrogens is 2. The highest BCUT2D eigenvalue weighted by molar-refractivity contribution is 7.89. The van der Waals surface area contributed by atoms with Crippen molar-refractivity contribution in [1.29, 1.82) is 0 Å². The molecule has 3 rings (SSSR count). The minimum atomic E-state index is -3.80. The van der Waals surface area contributed by atoms with Gasteiger partial charge in [-0.25, -0.2) is 12.8 Å². The number of hydrogen-bond donors (Lipinski definition) is 1. The molecule has 0 radical (unpaired) electrons. The number of halogens is 1. The van der Waals surface area contributed by atoms with E-state index in [1.807, 2.05) is 6.92 Å². The van der Waals surface area contributed by atoms with Crippen LogP contribution in [-0.4, -0.2) is 40.3 Å². The van der Waals surface area contributed by atoms with Crippen molar-refractivity contribution in [3.8, 4) is 0 Å². The third-order valence-corrected chi connectivity index (χ3v) is 5.93. The highest BCUT2D eigenvalue weighted by Gasteiger charge is 2.41. The summed E-state index contributed by atoms with van der Waals surface area (Å²) in [5.74, 6) is -0.384. The predicted molar refractivity (Wildman–Crippen MR) is 81.6 cm³/mol. The Morgan fingerprint density at radius 2 is 2.00 bits per heavy atom. The molecule has 0 bridgehead atoms. The van der Waals surface area contributed by atoms with Gasteiger partial charge in [-0.15, -0.1) is 0 Å². The summed E-state index contributed by atoms with van der Waals surface area (Å²) in [6, 6.07) is 6.62. The summed E-state index contributed by atoms with van der Waals surface area (Å²) in [6.07, 6.45) is 0.971. The van der Waals surface area contributed by atoms with Crippen molar-refractivity contribution in [2.24, 2.45) is 0 Å². The van der Waals surface area contributed by atoms with Crippen molar-refractivity contribution in [2.75, 3.05) is 6.54 Å².